The summed E-state index contributed by atoms with van der Waals surface area (Å²) in [6, 6.07) is 6.85. The van der Waals surface area contributed by atoms with Gasteiger partial charge in [-0.1, -0.05) is 32.4 Å². The fraction of sp³-hybridized carbons (Fsp3) is 0.429. The van der Waals surface area contributed by atoms with Gasteiger partial charge in [0.1, 0.15) is 0 Å². The molecule has 0 aliphatic heterocycles. The average molecular weight is 288 g/mol. The van der Waals surface area contributed by atoms with Crippen LogP contribution in [-0.2, 0) is 11.8 Å². The highest BCUT2D eigenvalue weighted by Crippen LogP contribution is 2.20. The Hall–Kier alpha value is -2.28. The van der Waals surface area contributed by atoms with Crippen LogP contribution in [0.3, 0.4) is 0 Å². The zero-order valence-electron chi connectivity index (χ0n) is 12.4. The largest absolute Gasteiger partial charge is 0.325 e. The van der Waals surface area contributed by atoms with E-state index >= 15 is 0 Å². The minimum atomic E-state index is -0.518. The lowest BCUT2D eigenvalue weighted by Crippen LogP contribution is -2.40. The van der Waals surface area contributed by atoms with Gasteiger partial charge < -0.3 is 11.1 Å². The molecular weight excluding hydrogens is 268 g/mol. The summed E-state index contributed by atoms with van der Waals surface area (Å²) in [5, 5.41) is 14.2. The van der Waals surface area contributed by atoms with E-state index < -0.39 is 6.04 Å². The predicted molar refractivity (Wildman–Crippen MR) is 80.3 cm³/mol. The molecule has 2 atom stereocenters. The van der Waals surface area contributed by atoms with E-state index in [1.165, 1.54) is 0 Å². The van der Waals surface area contributed by atoms with Crippen LogP contribution in [0.5, 0.6) is 0 Å². The molecule has 1 amide bonds. The molecule has 0 saturated carbocycles. The van der Waals surface area contributed by atoms with E-state index in [4.69, 9.17) is 5.73 Å². The van der Waals surface area contributed by atoms with Gasteiger partial charge in [0.05, 0.1) is 6.04 Å². The summed E-state index contributed by atoms with van der Waals surface area (Å²) in [5.74, 6) is 0.589. The van der Waals surface area contributed by atoms with Gasteiger partial charge in [0.25, 0.3) is 0 Å². The Morgan fingerprint density at radius 3 is 2.86 bits per heavy atom. The van der Waals surface area contributed by atoms with Crippen LogP contribution in [0.4, 0.5) is 5.69 Å². The number of carbonyl (C=O) groups excluding carboxylic acids is 1. The number of amides is 1. The maximum Gasteiger partial charge on any atom is 0.241 e. The quantitative estimate of drug-likeness (QED) is 0.861. The third-order valence-corrected chi connectivity index (χ3v) is 3.57. The number of aromatic nitrogens is 4. The van der Waals surface area contributed by atoms with Crippen LogP contribution in [-0.4, -0.2) is 32.2 Å². The minimum absolute atomic E-state index is 0.135. The Balaban J connectivity index is 2.15. The number of hydrogen-bond donors (Lipinski definition) is 2. The second-order valence-corrected chi connectivity index (χ2v) is 5.11. The molecule has 2 aromatic rings. The third kappa shape index (κ3) is 3.43. The zero-order chi connectivity index (χ0) is 15.4. The van der Waals surface area contributed by atoms with Crippen molar-refractivity contribution in [1.29, 1.82) is 0 Å². The molecule has 1 heterocycles. The molecule has 0 saturated heterocycles. The summed E-state index contributed by atoms with van der Waals surface area (Å²) in [6.45, 7) is 3.98. The van der Waals surface area contributed by atoms with Crippen LogP contribution >= 0.6 is 0 Å². The Bertz CT molecular complexity index is 623. The molecule has 0 aliphatic carbocycles. The molecule has 0 fully saturated rings. The van der Waals surface area contributed by atoms with Gasteiger partial charge in [0.2, 0.25) is 5.91 Å². The molecule has 0 radical (unpaired) electrons. The van der Waals surface area contributed by atoms with Crippen molar-refractivity contribution in [3.8, 4) is 11.4 Å². The summed E-state index contributed by atoms with van der Waals surface area (Å²) < 4.78 is 1.58. The third-order valence-electron chi connectivity index (χ3n) is 3.57. The number of nitrogens with zero attached hydrogens (tertiary/aromatic N) is 4. The number of rotatable bonds is 5. The normalized spacial score (nSPS) is 13.7. The maximum atomic E-state index is 12.1. The number of benzene rings is 1. The summed E-state index contributed by atoms with van der Waals surface area (Å²) >= 11 is 0. The average Bonchev–Trinajstić information content (AvgIpc) is 2.92. The predicted octanol–water partition coefficient (Wildman–Crippen LogP) is 1.19. The fourth-order valence-corrected chi connectivity index (χ4v) is 1.95. The molecular formula is C14H20N6O. The van der Waals surface area contributed by atoms with Gasteiger partial charge in [-0.15, -0.1) is 5.10 Å². The van der Waals surface area contributed by atoms with Crippen LogP contribution in [0.2, 0.25) is 0 Å². The highest BCUT2D eigenvalue weighted by molar-refractivity contribution is 5.95. The summed E-state index contributed by atoms with van der Waals surface area (Å²) in [7, 11) is 1.76. The van der Waals surface area contributed by atoms with E-state index in [1.807, 2.05) is 38.1 Å². The van der Waals surface area contributed by atoms with Gasteiger partial charge in [-0.2, -0.15) is 0 Å². The lowest BCUT2D eigenvalue weighted by atomic mass is 9.99. The van der Waals surface area contributed by atoms with Crippen molar-refractivity contribution in [2.24, 2.45) is 18.7 Å². The van der Waals surface area contributed by atoms with E-state index in [-0.39, 0.29) is 11.8 Å². The number of hydrogen-bond acceptors (Lipinski definition) is 5. The molecule has 7 heteroatoms. The number of carbonyl (C=O) groups is 1. The van der Waals surface area contributed by atoms with Crippen molar-refractivity contribution in [3.63, 3.8) is 0 Å². The SMILES string of the molecule is CCC(C)[C@H](N)C(=O)Nc1cccc(-c2nnnn2C)c1. The van der Waals surface area contributed by atoms with Crippen LogP contribution in [0.15, 0.2) is 24.3 Å². The smallest absolute Gasteiger partial charge is 0.241 e. The molecule has 1 aromatic heterocycles. The molecule has 0 spiro atoms. The molecule has 7 nitrogen and oxygen atoms in total. The van der Waals surface area contributed by atoms with Gasteiger partial charge >= 0.3 is 0 Å². The maximum absolute atomic E-state index is 12.1. The molecule has 1 aromatic carbocycles. The van der Waals surface area contributed by atoms with E-state index in [0.29, 0.717) is 11.5 Å². The second kappa shape index (κ2) is 6.45. The van der Waals surface area contributed by atoms with E-state index in [2.05, 4.69) is 20.8 Å². The van der Waals surface area contributed by atoms with Gasteiger partial charge in [-0.05, 0) is 28.5 Å². The van der Waals surface area contributed by atoms with Crippen molar-refractivity contribution >= 4 is 11.6 Å². The second-order valence-electron chi connectivity index (χ2n) is 5.11. The first-order valence-corrected chi connectivity index (χ1v) is 6.92. The first-order valence-electron chi connectivity index (χ1n) is 6.92. The summed E-state index contributed by atoms with van der Waals surface area (Å²) in [6.07, 6.45) is 0.860. The van der Waals surface area contributed by atoms with Crippen LogP contribution in [0.1, 0.15) is 20.3 Å². The summed E-state index contributed by atoms with van der Waals surface area (Å²) in [4.78, 5) is 12.1. The Kier molecular flexibility index (Phi) is 4.64. The van der Waals surface area contributed by atoms with E-state index in [1.54, 1.807) is 11.7 Å². The first-order chi connectivity index (χ1) is 10.0. The lowest BCUT2D eigenvalue weighted by Gasteiger charge is -2.17. The van der Waals surface area contributed by atoms with Crippen LogP contribution < -0.4 is 11.1 Å². The zero-order valence-corrected chi connectivity index (χ0v) is 12.4. The van der Waals surface area contributed by atoms with Gasteiger partial charge in [0, 0.05) is 18.3 Å². The highest BCUT2D eigenvalue weighted by atomic mass is 16.2. The van der Waals surface area contributed by atoms with Gasteiger partial charge in [0.15, 0.2) is 5.82 Å². The highest BCUT2D eigenvalue weighted by Gasteiger charge is 2.19. The Morgan fingerprint density at radius 2 is 2.24 bits per heavy atom. The topological polar surface area (TPSA) is 98.7 Å². The molecule has 2 rings (SSSR count). The number of tetrazole rings is 1. The minimum Gasteiger partial charge on any atom is -0.325 e. The molecule has 3 N–H and O–H groups in total. The number of anilines is 1. The first kappa shape index (κ1) is 15.1. The molecule has 21 heavy (non-hydrogen) atoms. The van der Waals surface area contributed by atoms with Crippen molar-refractivity contribution in [2.45, 2.75) is 26.3 Å². The molecule has 0 bridgehead atoms. The van der Waals surface area contributed by atoms with Gasteiger partial charge in [-0.3, -0.25) is 4.79 Å². The molecule has 1 unspecified atom stereocenters. The number of aryl methyl sites for hydroxylation is 1. The molecule has 112 valence electrons. The van der Waals surface area contributed by atoms with Crippen molar-refractivity contribution in [1.82, 2.24) is 20.2 Å². The monoisotopic (exact) mass is 288 g/mol. The standard InChI is InChI=1S/C14H20N6O/c1-4-9(2)12(15)14(21)16-11-7-5-6-10(8-11)13-17-18-19-20(13)3/h5-9,12H,4,15H2,1-3H3,(H,16,21)/t9?,12-/m0/s1. The fourth-order valence-electron chi connectivity index (χ4n) is 1.95. The Labute approximate surface area is 123 Å². The van der Waals surface area contributed by atoms with Crippen molar-refractivity contribution < 1.29 is 4.79 Å². The number of nitrogens with two attached hydrogens (primary N) is 1. The summed E-state index contributed by atoms with van der Waals surface area (Å²) in [5.41, 5.74) is 7.44. The molecule has 0 aliphatic rings. The Morgan fingerprint density at radius 1 is 1.48 bits per heavy atom. The van der Waals surface area contributed by atoms with E-state index in [0.717, 1.165) is 12.0 Å². The van der Waals surface area contributed by atoms with Crippen molar-refractivity contribution in [2.75, 3.05) is 5.32 Å². The van der Waals surface area contributed by atoms with Crippen molar-refractivity contribution in [3.05, 3.63) is 24.3 Å². The van der Waals surface area contributed by atoms with E-state index in [9.17, 15) is 4.79 Å². The lowest BCUT2D eigenvalue weighted by molar-refractivity contribution is -0.118. The van der Waals surface area contributed by atoms with Gasteiger partial charge in [-0.25, -0.2) is 4.68 Å². The number of nitrogens with one attached hydrogen (secondary N) is 1. The van der Waals surface area contributed by atoms with Crippen LogP contribution in [0.25, 0.3) is 11.4 Å². The van der Waals surface area contributed by atoms with Crippen LogP contribution in [0, 0.1) is 5.92 Å².